The van der Waals surface area contributed by atoms with Crippen molar-refractivity contribution in [1.82, 2.24) is 10.1 Å². The smallest absolute Gasteiger partial charge is 0.254 e. The average Bonchev–Trinajstić information content (AvgIpc) is 3.26. The molecule has 0 saturated carbocycles. The molecule has 0 spiro atoms. The summed E-state index contributed by atoms with van der Waals surface area (Å²) in [6.07, 6.45) is 0.843. The van der Waals surface area contributed by atoms with Crippen molar-refractivity contribution in [3.05, 3.63) is 59.8 Å². The number of carbonyl (C=O) groups is 1. The molecular formula is C23H26N2O5. The summed E-state index contributed by atoms with van der Waals surface area (Å²) in [5, 5.41) is 4.16. The number of aromatic nitrogens is 1. The molecule has 0 radical (unpaired) electrons. The van der Waals surface area contributed by atoms with Crippen molar-refractivity contribution in [2.45, 2.75) is 19.9 Å². The molecule has 1 aromatic heterocycles. The summed E-state index contributed by atoms with van der Waals surface area (Å²) in [6.45, 7) is 3.02. The first-order chi connectivity index (χ1) is 14.6. The number of rotatable bonds is 9. The number of nitrogens with zero attached hydrogens (tertiary/aromatic N) is 2. The molecule has 2 aromatic carbocycles. The Morgan fingerprint density at radius 2 is 1.67 bits per heavy atom. The Morgan fingerprint density at radius 1 is 1.00 bits per heavy atom. The van der Waals surface area contributed by atoms with E-state index in [4.69, 9.17) is 18.7 Å². The maximum absolute atomic E-state index is 12.9. The average molecular weight is 410 g/mol. The topological polar surface area (TPSA) is 74.0 Å². The van der Waals surface area contributed by atoms with Gasteiger partial charge in [-0.1, -0.05) is 30.3 Å². The molecular weight excluding hydrogens is 384 g/mol. The van der Waals surface area contributed by atoms with Crippen LogP contribution in [0.1, 0.15) is 29.4 Å². The maximum atomic E-state index is 12.9. The van der Waals surface area contributed by atoms with Gasteiger partial charge in [-0.25, -0.2) is 0 Å². The van der Waals surface area contributed by atoms with Gasteiger partial charge >= 0.3 is 0 Å². The first-order valence-electron chi connectivity index (χ1n) is 9.71. The summed E-state index contributed by atoms with van der Waals surface area (Å²) < 4.78 is 21.7. The highest BCUT2D eigenvalue weighted by Gasteiger charge is 2.19. The van der Waals surface area contributed by atoms with Crippen molar-refractivity contribution in [2.75, 3.05) is 27.9 Å². The number of hydrogen-bond donors (Lipinski definition) is 0. The highest BCUT2D eigenvalue weighted by Crippen LogP contribution is 2.41. The van der Waals surface area contributed by atoms with E-state index in [1.54, 1.807) is 38.4 Å². The van der Waals surface area contributed by atoms with Crippen LogP contribution in [0.2, 0.25) is 0 Å². The van der Waals surface area contributed by atoms with Gasteiger partial charge in [0, 0.05) is 23.7 Å². The molecule has 0 aliphatic rings. The fourth-order valence-corrected chi connectivity index (χ4v) is 3.23. The Kier molecular flexibility index (Phi) is 6.95. The molecule has 0 fully saturated rings. The highest BCUT2D eigenvalue weighted by atomic mass is 16.5. The van der Waals surface area contributed by atoms with Gasteiger partial charge in [-0.3, -0.25) is 4.79 Å². The molecule has 0 saturated heterocycles. The van der Waals surface area contributed by atoms with Crippen molar-refractivity contribution >= 4 is 5.91 Å². The van der Waals surface area contributed by atoms with Gasteiger partial charge < -0.3 is 23.6 Å². The van der Waals surface area contributed by atoms with Crippen LogP contribution in [0.15, 0.2) is 53.1 Å². The van der Waals surface area contributed by atoms with E-state index in [0.29, 0.717) is 47.4 Å². The molecule has 158 valence electrons. The second-order valence-electron chi connectivity index (χ2n) is 6.69. The molecule has 0 aliphatic carbocycles. The third kappa shape index (κ3) is 4.56. The number of benzene rings is 2. The van der Waals surface area contributed by atoms with E-state index < -0.39 is 0 Å². The second-order valence-corrected chi connectivity index (χ2v) is 6.69. The molecule has 7 heteroatoms. The quantitative estimate of drug-likeness (QED) is 0.520. The molecule has 7 nitrogen and oxygen atoms in total. The summed E-state index contributed by atoms with van der Waals surface area (Å²) in [6, 6.07) is 14.6. The predicted molar refractivity (Wildman–Crippen MR) is 113 cm³/mol. The lowest BCUT2D eigenvalue weighted by Gasteiger charge is -2.20. The molecule has 1 heterocycles. The molecule has 0 aliphatic heterocycles. The monoisotopic (exact) mass is 410 g/mol. The van der Waals surface area contributed by atoms with Crippen LogP contribution in [0.25, 0.3) is 11.3 Å². The van der Waals surface area contributed by atoms with Crippen molar-refractivity contribution in [3.8, 4) is 28.6 Å². The minimum absolute atomic E-state index is 0.0326. The number of methoxy groups -OCH3 is 3. The lowest BCUT2D eigenvalue weighted by Crippen LogP contribution is -2.31. The van der Waals surface area contributed by atoms with Gasteiger partial charge in [0.2, 0.25) is 5.75 Å². The largest absolute Gasteiger partial charge is 0.493 e. The predicted octanol–water partition coefficient (Wildman–Crippen LogP) is 4.42. The van der Waals surface area contributed by atoms with Crippen molar-refractivity contribution < 1.29 is 23.5 Å². The zero-order valence-corrected chi connectivity index (χ0v) is 17.7. The van der Waals surface area contributed by atoms with Crippen LogP contribution in [0.5, 0.6) is 17.2 Å². The molecule has 3 rings (SSSR count). The number of carbonyl (C=O) groups excluding carboxylic acids is 1. The summed E-state index contributed by atoms with van der Waals surface area (Å²) in [7, 11) is 4.67. The van der Waals surface area contributed by atoms with Gasteiger partial charge in [-0.2, -0.15) is 0 Å². The number of amides is 1. The van der Waals surface area contributed by atoms with Gasteiger partial charge in [-0.15, -0.1) is 0 Å². The fraction of sp³-hybridized carbons (Fsp3) is 0.304. The Labute approximate surface area is 176 Å². The third-order valence-corrected chi connectivity index (χ3v) is 4.66. The Balaban J connectivity index is 1.85. The highest BCUT2D eigenvalue weighted by molar-refractivity contribution is 5.94. The number of hydrogen-bond acceptors (Lipinski definition) is 6. The van der Waals surface area contributed by atoms with E-state index in [9.17, 15) is 4.79 Å². The van der Waals surface area contributed by atoms with E-state index >= 15 is 0 Å². The van der Waals surface area contributed by atoms with Gasteiger partial charge in [0.15, 0.2) is 17.3 Å². The lowest BCUT2D eigenvalue weighted by atomic mass is 10.1. The maximum Gasteiger partial charge on any atom is 0.254 e. The van der Waals surface area contributed by atoms with E-state index in [0.717, 1.165) is 12.0 Å². The zero-order chi connectivity index (χ0) is 21.5. The van der Waals surface area contributed by atoms with Crippen LogP contribution in [0.3, 0.4) is 0 Å². The van der Waals surface area contributed by atoms with Crippen LogP contribution < -0.4 is 14.2 Å². The summed E-state index contributed by atoms with van der Waals surface area (Å²) in [5.74, 6) is 2.07. The lowest BCUT2D eigenvalue weighted by molar-refractivity contribution is 0.0739. The van der Waals surface area contributed by atoms with Crippen LogP contribution in [-0.2, 0) is 6.54 Å². The van der Waals surface area contributed by atoms with Crippen molar-refractivity contribution in [3.63, 3.8) is 0 Å². The molecule has 0 unspecified atom stereocenters. The van der Waals surface area contributed by atoms with Crippen molar-refractivity contribution in [2.24, 2.45) is 0 Å². The molecule has 0 atom stereocenters. The third-order valence-electron chi connectivity index (χ3n) is 4.66. The first-order valence-corrected chi connectivity index (χ1v) is 9.71. The SMILES string of the molecule is CCCN(Cc1cc(-c2cc(OC)c(OC)c(OC)c2)on1)C(=O)c1ccccc1. The summed E-state index contributed by atoms with van der Waals surface area (Å²) in [4.78, 5) is 14.6. The van der Waals surface area contributed by atoms with Gasteiger partial charge in [0.05, 0.1) is 27.9 Å². The molecule has 0 bridgehead atoms. The summed E-state index contributed by atoms with van der Waals surface area (Å²) >= 11 is 0. The van der Waals surface area contributed by atoms with Crippen molar-refractivity contribution in [1.29, 1.82) is 0 Å². The molecule has 0 N–H and O–H groups in total. The van der Waals surface area contributed by atoms with E-state index in [1.165, 1.54) is 0 Å². The first kappa shape index (κ1) is 21.2. The van der Waals surface area contributed by atoms with Crippen LogP contribution in [0, 0.1) is 0 Å². The molecule has 1 amide bonds. The van der Waals surface area contributed by atoms with Gasteiger partial charge in [-0.05, 0) is 30.7 Å². The van der Waals surface area contributed by atoms with E-state index in [1.807, 2.05) is 43.3 Å². The second kappa shape index (κ2) is 9.82. The fourth-order valence-electron chi connectivity index (χ4n) is 3.23. The normalized spacial score (nSPS) is 10.5. The number of ether oxygens (including phenoxy) is 3. The molecule has 30 heavy (non-hydrogen) atoms. The summed E-state index contributed by atoms with van der Waals surface area (Å²) in [5.41, 5.74) is 2.05. The zero-order valence-electron chi connectivity index (χ0n) is 17.7. The van der Waals surface area contributed by atoms with Crippen LogP contribution in [-0.4, -0.2) is 43.8 Å². The van der Waals surface area contributed by atoms with Gasteiger partial charge in [0.25, 0.3) is 5.91 Å². The van der Waals surface area contributed by atoms with Crippen LogP contribution >= 0.6 is 0 Å². The van der Waals surface area contributed by atoms with Gasteiger partial charge in [0.1, 0.15) is 5.69 Å². The minimum atomic E-state index is -0.0326. The Morgan fingerprint density at radius 3 is 2.23 bits per heavy atom. The van der Waals surface area contributed by atoms with Crippen LogP contribution in [0.4, 0.5) is 0 Å². The Hall–Kier alpha value is -3.48. The minimum Gasteiger partial charge on any atom is -0.493 e. The van der Waals surface area contributed by atoms with E-state index in [-0.39, 0.29) is 5.91 Å². The Bertz CT molecular complexity index is 959. The van der Waals surface area contributed by atoms with E-state index in [2.05, 4.69) is 5.16 Å². The standard InChI is InChI=1S/C23H26N2O5/c1-5-11-25(23(26)16-9-7-6-8-10-16)15-18-14-19(30-24-18)17-12-20(27-2)22(29-4)21(13-17)28-3/h6-10,12-14H,5,11,15H2,1-4H3. The molecule has 3 aromatic rings.